The van der Waals surface area contributed by atoms with Gasteiger partial charge in [0.25, 0.3) is 5.56 Å². The molecule has 1 aliphatic carbocycles. The third kappa shape index (κ3) is 2.28. The molecule has 1 saturated carbocycles. The maximum absolute atomic E-state index is 15.0. The van der Waals surface area contributed by atoms with Crippen molar-refractivity contribution in [3.05, 3.63) is 62.3 Å². The van der Waals surface area contributed by atoms with Crippen molar-refractivity contribution in [3.8, 4) is 11.1 Å². The molecule has 0 spiro atoms. The molecule has 5 rings (SSSR count). The van der Waals surface area contributed by atoms with E-state index in [0.29, 0.717) is 27.2 Å². The SMILES string of the molecule is Cc1c(N)cccc1-c1cc2c(cc1F)c(=O)c1c(=O)[nH]sc1n2C1CC1. The number of nitrogens with one attached hydrogen (secondary N) is 1. The highest BCUT2D eigenvalue weighted by molar-refractivity contribution is 7.12. The normalized spacial score (nSPS) is 14.3. The van der Waals surface area contributed by atoms with Crippen LogP contribution in [0.5, 0.6) is 0 Å². The average Bonchev–Trinajstić information content (AvgIpc) is 3.40. The monoisotopic (exact) mass is 381 g/mol. The molecule has 4 aromatic rings. The van der Waals surface area contributed by atoms with Crippen LogP contribution in [0.15, 0.2) is 39.9 Å². The van der Waals surface area contributed by atoms with E-state index in [9.17, 15) is 14.0 Å². The topological polar surface area (TPSA) is 80.9 Å². The van der Waals surface area contributed by atoms with Crippen LogP contribution in [0.1, 0.15) is 24.4 Å². The lowest BCUT2D eigenvalue weighted by Gasteiger charge is -2.15. The first-order valence-corrected chi connectivity index (χ1v) is 9.53. The van der Waals surface area contributed by atoms with Gasteiger partial charge in [-0.05, 0) is 60.6 Å². The van der Waals surface area contributed by atoms with Gasteiger partial charge in [-0.1, -0.05) is 12.1 Å². The first-order chi connectivity index (χ1) is 13.0. The minimum atomic E-state index is -0.498. The molecule has 2 aromatic carbocycles. The van der Waals surface area contributed by atoms with Gasteiger partial charge in [0, 0.05) is 22.7 Å². The molecule has 7 heteroatoms. The second-order valence-electron chi connectivity index (χ2n) is 7.01. The summed E-state index contributed by atoms with van der Waals surface area (Å²) in [6.07, 6.45) is 1.95. The van der Waals surface area contributed by atoms with Crippen LogP contribution in [0.4, 0.5) is 10.1 Å². The fourth-order valence-corrected chi connectivity index (χ4v) is 4.62. The van der Waals surface area contributed by atoms with E-state index in [1.54, 1.807) is 18.2 Å². The van der Waals surface area contributed by atoms with Gasteiger partial charge in [-0.3, -0.25) is 14.0 Å². The molecular formula is C20H16FN3O2S. The molecule has 2 heterocycles. The van der Waals surface area contributed by atoms with Crippen molar-refractivity contribution in [2.75, 3.05) is 5.73 Å². The fraction of sp³-hybridized carbons (Fsp3) is 0.200. The summed E-state index contributed by atoms with van der Waals surface area (Å²) in [7, 11) is 0. The predicted octanol–water partition coefficient (Wildman–Crippen LogP) is 3.94. The summed E-state index contributed by atoms with van der Waals surface area (Å²) in [5, 5.41) is 0.354. The van der Waals surface area contributed by atoms with Gasteiger partial charge in [0.05, 0.1) is 5.52 Å². The van der Waals surface area contributed by atoms with E-state index in [-0.39, 0.29) is 16.8 Å². The number of fused-ring (bicyclic) bond motifs is 2. The van der Waals surface area contributed by atoms with Crippen LogP contribution in [-0.4, -0.2) is 8.94 Å². The first kappa shape index (κ1) is 16.3. The Balaban J connectivity index is 1.95. The summed E-state index contributed by atoms with van der Waals surface area (Å²) in [5.41, 5.74) is 8.31. The molecule has 0 aliphatic heterocycles. The van der Waals surface area contributed by atoms with Crippen LogP contribution in [0.2, 0.25) is 0 Å². The van der Waals surface area contributed by atoms with Crippen molar-refractivity contribution in [3.63, 3.8) is 0 Å². The van der Waals surface area contributed by atoms with Crippen molar-refractivity contribution in [2.45, 2.75) is 25.8 Å². The van der Waals surface area contributed by atoms with E-state index in [4.69, 9.17) is 5.73 Å². The maximum atomic E-state index is 15.0. The molecule has 0 bridgehead atoms. The summed E-state index contributed by atoms with van der Waals surface area (Å²) >= 11 is 1.16. The fourth-order valence-electron chi connectivity index (χ4n) is 3.70. The Bertz CT molecular complexity index is 1360. The molecule has 2 aromatic heterocycles. The molecule has 1 fully saturated rings. The van der Waals surface area contributed by atoms with Crippen molar-refractivity contribution >= 4 is 38.3 Å². The molecule has 5 nitrogen and oxygen atoms in total. The number of nitrogens with zero attached hydrogens (tertiary/aromatic N) is 1. The third-order valence-corrected chi connectivity index (χ3v) is 6.18. The van der Waals surface area contributed by atoms with Crippen molar-refractivity contribution in [1.29, 1.82) is 0 Å². The average molecular weight is 381 g/mol. The van der Waals surface area contributed by atoms with E-state index in [0.717, 1.165) is 29.9 Å². The summed E-state index contributed by atoms with van der Waals surface area (Å²) in [4.78, 5) is 25.6. The Morgan fingerprint density at radius 1 is 1.22 bits per heavy atom. The number of H-pyrrole nitrogens is 1. The Labute approximate surface area is 157 Å². The number of rotatable bonds is 2. The summed E-state index contributed by atoms with van der Waals surface area (Å²) in [6, 6.07) is 8.58. The molecule has 27 heavy (non-hydrogen) atoms. The highest BCUT2D eigenvalue weighted by Gasteiger charge is 2.29. The molecular weight excluding hydrogens is 365 g/mol. The van der Waals surface area contributed by atoms with Gasteiger partial charge >= 0.3 is 0 Å². The van der Waals surface area contributed by atoms with Gasteiger partial charge in [-0.15, -0.1) is 0 Å². The first-order valence-electron chi connectivity index (χ1n) is 8.71. The minimum Gasteiger partial charge on any atom is -0.398 e. The lowest BCUT2D eigenvalue weighted by Crippen LogP contribution is -2.15. The molecule has 0 atom stereocenters. The van der Waals surface area contributed by atoms with Crippen LogP contribution in [0.3, 0.4) is 0 Å². The van der Waals surface area contributed by atoms with E-state index in [2.05, 4.69) is 4.37 Å². The quantitative estimate of drug-likeness (QED) is 0.516. The largest absolute Gasteiger partial charge is 0.398 e. The number of hydrogen-bond donors (Lipinski definition) is 2. The van der Waals surface area contributed by atoms with E-state index < -0.39 is 16.8 Å². The van der Waals surface area contributed by atoms with Crippen molar-refractivity contribution in [1.82, 2.24) is 8.94 Å². The number of pyridine rings is 1. The number of benzene rings is 2. The summed E-state index contributed by atoms with van der Waals surface area (Å²) < 4.78 is 19.7. The van der Waals surface area contributed by atoms with Gasteiger partial charge in [0.1, 0.15) is 16.0 Å². The Hall–Kier alpha value is -2.93. The Kier molecular flexibility index (Phi) is 3.33. The summed E-state index contributed by atoms with van der Waals surface area (Å²) in [6.45, 7) is 1.85. The van der Waals surface area contributed by atoms with Crippen LogP contribution >= 0.6 is 11.5 Å². The number of nitrogen functional groups attached to an aromatic ring is 1. The highest BCUT2D eigenvalue weighted by atomic mass is 32.1. The van der Waals surface area contributed by atoms with Crippen LogP contribution in [-0.2, 0) is 0 Å². The van der Waals surface area contributed by atoms with Crippen LogP contribution in [0.25, 0.3) is 32.2 Å². The zero-order chi connectivity index (χ0) is 18.9. The van der Waals surface area contributed by atoms with Crippen molar-refractivity contribution in [2.24, 2.45) is 0 Å². The lowest BCUT2D eigenvalue weighted by molar-refractivity contribution is 0.632. The minimum absolute atomic E-state index is 0.117. The lowest BCUT2D eigenvalue weighted by atomic mass is 9.97. The highest BCUT2D eigenvalue weighted by Crippen LogP contribution is 2.41. The zero-order valence-corrected chi connectivity index (χ0v) is 15.3. The molecule has 0 unspecified atom stereocenters. The molecule has 136 valence electrons. The molecule has 0 saturated heterocycles. The van der Waals surface area contributed by atoms with Gasteiger partial charge in [0.2, 0.25) is 5.43 Å². The van der Waals surface area contributed by atoms with Crippen molar-refractivity contribution < 1.29 is 4.39 Å². The second kappa shape index (κ2) is 5.53. The standard InChI is InChI=1S/C20H16FN3O2S/c1-9-11(3-2-4-15(9)22)12-8-16-13(7-14(12)21)18(25)17-19(26)23-27-20(17)24(16)10-5-6-10/h2-4,7-8,10H,5-6,22H2,1H3,(H,23,26). The third-order valence-electron chi connectivity index (χ3n) is 5.29. The molecule has 0 radical (unpaired) electrons. The second-order valence-corrected chi connectivity index (χ2v) is 7.81. The van der Waals surface area contributed by atoms with E-state index in [1.807, 2.05) is 17.6 Å². The van der Waals surface area contributed by atoms with E-state index in [1.165, 1.54) is 6.07 Å². The number of aromatic amines is 1. The van der Waals surface area contributed by atoms with Gasteiger partial charge < -0.3 is 10.3 Å². The number of aromatic nitrogens is 2. The molecule has 0 amide bonds. The van der Waals surface area contributed by atoms with Gasteiger partial charge in [0.15, 0.2) is 0 Å². The molecule has 1 aliphatic rings. The zero-order valence-electron chi connectivity index (χ0n) is 14.5. The smallest absolute Gasteiger partial charge is 0.271 e. The van der Waals surface area contributed by atoms with Crippen LogP contribution < -0.4 is 16.7 Å². The summed E-state index contributed by atoms with van der Waals surface area (Å²) in [5.74, 6) is -0.498. The number of nitrogens with two attached hydrogens (primary N) is 1. The predicted molar refractivity (Wildman–Crippen MR) is 107 cm³/mol. The van der Waals surface area contributed by atoms with E-state index >= 15 is 0 Å². The van der Waals surface area contributed by atoms with Crippen LogP contribution in [0, 0.1) is 12.7 Å². The van der Waals surface area contributed by atoms with Gasteiger partial charge in [-0.2, -0.15) is 0 Å². The number of hydrogen-bond acceptors (Lipinski definition) is 4. The number of anilines is 1. The maximum Gasteiger partial charge on any atom is 0.271 e. The Morgan fingerprint density at radius 3 is 2.74 bits per heavy atom. The molecule has 3 N–H and O–H groups in total. The number of halogens is 1. The van der Waals surface area contributed by atoms with Gasteiger partial charge in [-0.25, -0.2) is 4.39 Å². The Morgan fingerprint density at radius 2 is 2.00 bits per heavy atom.